The zero-order chi connectivity index (χ0) is 15.3. The first kappa shape index (κ1) is 17.4. The minimum atomic E-state index is -3.47. The molecule has 1 aromatic carbocycles. The Morgan fingerprint density at radius 2 is 2.00 bits per heavy atom. The molecule has 0 amide bonds. The van der Waals surface area contributed by atoms with E-state index in [1.54, 1.807) is 25.2 Å². The van der Waals surface area contributed by atoms with Gasteiger partial charge in [0.25, 0.3) is 0 Å². The average molecular weight is 319 g/mol. The number of rotatable bonds is 7. The molecule has 20 heavy (non-hydrogen) atoms. The number of nitrogens with one attached hydrogen (secondary N) is 1. The van der Waals surface area contributed by atoms with Gasteiger partial charge in [-0.2, -0.15) is 4.31 Å². The lowest BCUT2D eigenvalue weighted by molar-refractivity contribution is 0.342. The van der Waals surface area contributed by atoms with Crippen molar-refractivity contribution in [2.24, 2.45) is 0 Å². The van der Waals surface area contributed by atoms with Gasteiger partial charge in [-0.1, -0.05) is 25.4 Å². The Morgan fingerprint density at radius 3 is 2.50 bits per heavy atom. The summed E-state index contributed by atoms with van der Waals surface area (Å²) in [4.78, 5) is 0.300. The molecule has 1 aromatic rings. The van der Waals surface area contributed by atoms with Crippen molar-refractivity contribution in [2.45, 2.75) is 44.7 Å². The van der Waals surface area contributed by atoms with Gasteiger partial charge in [-0.15, -0.1) is 0 Å². The van der Waals surface area contributed by atoms with Gasteiger partial charge in [0.15, 0.2) is 0 Å². The Bertz CT molecular complexity index is 546. The van der Waals surface area contributed by atoms with Crippen LogP contribution in [-0.4, -0.2) is 32.4 Å². The van der Waals surface area contributed by atoms with Crippen LogP contribution < -0.4 is 5.32 Å². The van der Waals surface area contributed by atoms with Crippen LogP contribution in [0, 0.1) is 0 Å². The standard InChI is InChI=1S/C14H23ClN2O2S/c1-5-11(3)17(6-2)20(18,19)13-7-8-14(15)12(9-13)10-16-4/h7-9,11,16H,5-6,10H2,1-4H3. The monoisotopic (exact) mass is 318 g/mol. The molecule has 0 fully saturated rings. The molecule has 0 saturated carbocycles. The Morgan fingerprint density at radius 1 is 1.35 bits per heavy atom. The van der Waals surface area contributed by atoms with E-state index in [9.17, 15) is 8.42 Å². The highest BCUT2D eigenvalue weighted by Crippen LogP contribution is 2.24. The topological polar surface area (TPSA) is 49.4 Å². The Kier molecular flexibility index (Phi) is 6.45. The highest BCUT2D eigenvalue weighted by molar-refractivity contribution is 7.89. The lowest BCUT2D eigenvalue weighted by Gasteiger charge is -2.26. The maximum absolute atomic E-state index is 12.7. The van der Waals surface area contributed by atoms with Gasteiger partial charge in [-0.05, 0) is 44.2 Å². The second-order valence-corrected chi connectivity index (χ2v) is 7.05. The summed E-state index contributed by atoms with van der Waals surface area (Å²) in [5.41, 5.74) is 0.787. The first-order chi connectivity index (χ1) is 9.38. The summed E-state index contributed by atoms with van der Waals surface area (Å²) in [6.07, 6.45) is 0.782. The summed E-state index contributed by atoms with van der Waals surface area (Å²) in [6.45, 7) is 6.76. The molecule has 6 heteroatoms. The third-order valence-corrected chi connectivity index (χ3v) is 5.84. The van der Waals surface area contributed by atoms with Gasteiger partial charge in [-0.25, -0.2) is 8.42 Å². The normalized spacial score (nSPS) is 13.7. The summed E-state index contributed by atoms with van der Waals surface area (Å²) in [5, 5.41) is 3.56. The van der Waals surface area contributed by atoms with Crippen LogP contribution in [0.25, 0.3) is 0 Å². The van der Waals surface area contributed by atoms with Gasteiger partial charge >= 0.3 is 0 Å². The van der Waals surface area contributed by atoms with E-state index in [4.69, 9.17) is 11.6 Å². The summed E-state index contributed by atoms with van der Waals surface area (Å²) >= 11 is 6.08. The molecule has 1 atom stereocenters. The molecule has 1 rings (SSSR count). The van der Waals surface area contributed by atoms with Crippen LogP contribution in [0.3, 0.4) is 0 Å². The van der Waals surface area contributed by atoms with E-state index < -0.39 is 10.0 Å². The summed E-state index contributed by atoms with van der Waals surface area (Å²) in [5.74, 6) is 0. The largest absolute Gasteiger partial charge is 0.316 e. The van der Waals surface area contributed by atoms with E-state index in [1.165, 1.54) is 4.31 Å². The third kappa shape index (κ3) is 3.73. The molecule has 0 aliphatic rings. The number of nitrogens with zero attached hydrogens (tertiary/aromatic N) is 1. The molecule has 0 spiro atoms. The molecule has 0 aliphatic carbocycles. The van der Waals surface area contributed by atoms with Crippen molar-refractivity contribution in [3.63, 3.8) is 0 Å². The van der Waals surface area contributed by atoms with Gasteiger partial charge in [-0.3, -0.25) is 0 Å². The zero-order valence-corrected chi connectivity index (χ0v) is 14.1. The third-order valence-electron chi connectivity index (χ3n) is 3.39. The highest BCUT2D eigenvalue weighted by Gasteiger charge is 2.27. The number of halogens is 1. The fraction of sp³-hybridized carbons (Fsp3) is 0.571. The molecule has 1 N–H and O–H groups in total. The SMILES string of the molecule is CCC(C)N(CC)S(=O)(=O)c1ccc(Cl)c(CNC)c1. The molecule has 0 radical (unpaired) electrons. The maximum atomic E-state index is 12.7. The average Bonchev–Trinajstić information content (AvgIpc) is 2.41. The molecule has 0 saturated heterocycles. The number of benzene rings is 1. The number of sulfonamides is 1. The highest BCUT2D eigenvalue weighted by atomic mass is 35.5. The Labute approximate surface area is 127 Å². The predicted molar refractivity (Wildman–Crippen MR) is 83.5 cm³/mol. The van der Waals surface area contributed by atoms with Crippen LogP contribution in [0.15, 0.2) is 23.1 Å². The molecule has 0 heterocycles. The van der Waals surface area contributed by atoms with Crippen molar-refractivity contribution >= 4 is 21.6 Å². The molecule has 0 bridgehead atoms. The molecular formula is C14H23ClN2O2S. The fourth-order valence-corrected chi connectivity index (χ4v) is 4.04. The minimum Gasteiger partial charge on any atom is -0.316 e. The van der Waals surface area contributed by atoms with Crippen molar-refractivity contribution < 1.29 is 8.42 Å². The van der Waals surface area contributed by atoms with Gasteiger partial charge < -0.3 is 5.32 Å². The smallest absolute Gasteiger partial charge is 0.243 e. The quantitative estimate of drug-likeness (QED) is 0.841. The van der Waals surface area contributed by atoms with E-state index in [1.807, 2.05) is 20.8 Å². The van der Waals surface area contributed by atoms with Gasteiger partial charge in [0, 0.05) is 24.2 Å². The van der Waals surface area contributed by atoms with E-state index in [0.717, 1.165) is 12.0 Å². The molecular weight excluding hydrogens is 296 g/mol. The lowest BCUT2D eigenvalue weighted by atomic mass is 10.2. The molecule has 0 aliphatic heterocycles. The minimum absolute atomic E-state index is 0.0200. The van der Waals surface area contributed by atoms with Crippen LogP contribution in [0.5, 0.6) is 0 Å². The number of hydrogen-bond donors (Lipinski definition) is 1. The van der Waals surface area contributed by atoms with E-state index >= 15 is 0 Å². The Balaban J connectivity index is 3.24. The van der Waals surface area contributed by atoms with Gasteiger partial charge in [0.05, 0.1) is 4.90 Å². The molecule has 1 unspecified atom stereocenters. The van der Waals surface area contributed by atoms with Crippen LogP contribution in [0.2, 0.25) is 5.02 Å². The van der Waals surface area contributed by atoms with Crippen LogP contribution >= 0.6 is 11.6 Å². The summed E-state index contributed by atoms with van der Waals surface area (Å²) in [7, 11) is -1.67. The molecule has 4 nitrogen and oxygen atoms in total. The van der Waals surface area contributed by atoms with E-state index in [0.29, 0.717) is 23.0 Å². The van der Waals surface area contributed by atoms with Gasteiger partial charge in [0.1, 0.15) is 0 Å². The first-order valence-corrected chi connectivity index (χ1v) is 8.65. The van der Waals surface area contributed by atoms with Crippen molar-refractivity contribution in [1.29, 1.82) is 0 Å². The van der Waals surface area contributed by atoms with Crippen molar-refractivity contribution in [1.82, 2.24) is 9.62 Å². The first-order valence-electron chi connectivity index (χ1n) is 6.83. The molecule has 0 aromatic heterocycles. The fourth-order valence-electron chi connectivity index (χ4n) is 2.10. The summed E-state index contributed by atoms with van der Waals surface area (Å²) < 4.78 is 26.9. The lowest BCUT2D eigenvalue weighted by Crippen LogP contribution is -2.38. The molecule has 114 valence electrons. The van der Waals surface area contributed by atoms with E-state index in [-0.39, 0.29) is 6.04 Å². The van der Waals surface area contributed by atoms with Crippen molar-refractivity contribution in [3.8, 4) is 0 Å². The maximum Gasteiger partial charge on any atom is 0.243 e. The second-order valence-electron chi connectivity index (χ2n) is 4.75. The van der Waals surface area contributed by atoms with E-state index in [2.05, 4.69) is 5.32 Å². The van der Waals surface area contributed by atoms with Gasteiger partial charge in [0.2, 0.25) is 10.0 Å². The second kappa shape index (κ2) is 7.41. The van der Waals surface area contributed by atoms with Crippen molar-refractivity contribution in [3.05, 3.63) is 28.8 Å². The van der Waals surface area contributed by atoms with Crippen molar-refractivity contribution in [2.75, 3.05) is 13.6 Å². The summed E-state index contributed by atoms with van der Waals surface area (Å²) in [6, 6.07) is 4.85. The number of hydrogen-bond acceptors (Lipinski definition) is 3. The van der Waals surface area contributed by atoms with Crippen LogP contribution in [0.1, 0.15) is 32.8 Å². The predicted octanol–water partition coefficient (Wildman–Crippen LogP) is 2.87. The van der Waals surface area contributed by atoms with Crippen LogP contribution in [-0.2, 0) is 16.6 Å². The zero-order valence-electron chi connectivity index (χ0n) is 12.5. The van der Waals surface area contributed by atoms with Crippen LogP contribution in [0.4, 0.5) is 0 Å². The Hall–Kier alpha value is -0.620.